The van der Waals surface area contributed by atoms with E-state index in [4.69, 9.17) is 28.4 Å². The van der Waals surface area contributed by atoms with E-state index in [1.54, 1.807) is 24.3 Å². The average Bonchev–Trinajstić information content (AvgIpc) is 3.41. The first-order valence-electron chi connectivity index (χ1n) is 10.2. The zero-order valence-corrected chi connectivity index (χ0v) is 18.3. The molecule has 0 atom stereocenters. The van der Waals surface area contributed by atoms with Crippen molar-refractivity contribution in [2.45, 2.75) is 19.3 Å². The number of esters is 1. The lowest BCUT2D eigenvalue weighted by Gasteiger charge is -2.22. The Morgan fingerprint density at radius 2 is 1.64 bits per heavy atom. The van der Waals surface area contributed by atoms with Crippen LogP contribution in [0.4, 0.5) is 0 Å². The number of fused-ring (bicyclic) bond motifs is 3. The summed E-state index contributed by atoms with van der Waals surface area (Å²) in [4.78, 5) is 12.9. The van der Waals surface area contributed by atoms with Crippen molar-refractivity contribution in [1.82, 2.24) is 0 Å². The maximum atomic E-state index is 12.9. The molecule has 0 aliphatic carbocycles. The molecule has 5 rings (SSSR count). The molecule has 0 saturated carbocycles. The van der Waals surface area contributed by atoms with Crippen LogP contribution < -0.4 is 23.7 Å². The molecule has 0 bridgehead atoms. The minimum atomic E-state index is -2.07. The first kappa shape index (κ1) is 21.2. The minimum absolute atomic E-state index is 0.0150. The molecule has 3 aromatic rings. The van der Waals surface area contributed by atoms with Crippen LogP contribution in [0.5, 0.6) is 28.7 Å². The van der Waals surface area contributed by atoms with E-state index in [0.29, 0.717) is 61.8 Å². The molecule has 3 aromatic carbocycles. The molecule has 9 heteroatoms. The minimum Gasteiger partial charge on any atom is -0.493 e. The second-order valence-corrected chi connectivity index (χ2v) is 7.96. The highest BCUT2D eigenvalue weighted by molar-refractivity contribution is 6.14. The number of ether oxygens (including phenoxy) is 6. The number of benzene rings is 3. The molecule has 9 nitrogen and oxygen atoms in total. The summed E-state index contributed by atoms with van der Waals surface area (Å²) in [6, 6.07) is 8.91. The molecule has 0 amide bonds. The maximum absolute atomic E-state index is 12.9. The first-order valence-corrected chi connectivity index (χ1v) is 10.2. The van der Waals surface area contributed by atoms with Gasteiger partial charge in [-0.25, -0.2) is 4.79 Å². The summed E-state index contributed by atoms with van der Waals surface area (Å²) in [5.41, 5.74) is 2.18. The van der Waals surface area contributed by atoms with E-state index in [9.17, 15) is 15.0 Å². The van der Waals surface area contributed by atoms with Gasteiger partial charge < -0.3 is 38.6 Å². The van der Waals surface area contributed by atoms with Crippen LogP contribution in [-0.4, -0.2) is 49.6 Å². The van der Waals surface area contributed by atoms with Gasteiger partial charge in [0.15, 0.2) is 28.8 Å². The maximum Gasteiger partial charge on any atom is 0.339 e. The molecule has 33 heavy (non-hydrogen) atoms. The van der Waals surface area contributed by atoms with Crippen molar-refractivity contribution in [3.8, 4) is 39.9 Å². The highest BCUT2D eigenvalue weighted by Crippen LogP contribution is 2.49. The molecule has 0 unspecified atom stereocenters. The predicted octanol–water partition coefficient (Wildman–Crippen LogP) is 3.00. The normalized spacial score (nSPS) is 14.3. The van der Waals surface area contributed by atoms with Crippen molar-refractivity contribution in [1.29, 1.82) is 0 Å². The SMILES string of the molecule is COc1cc2c(OCC(C)(O)O)c3c(c(-c4ccc5c(c4)OCO5)c2cc1OC)C(=O)OC3. The van der Waals surface area contributed by atoms with Crippen LogP contribution in [0.1, 0.15) is 22.8 Å². The van der Waals surface area contributed by atoms with E-state index in [1.165, 1.54) is 21.1 Å². The van der Waals surface area contributed by atoms with Crippen molar-refractivity contribution in [2.24, 2.45) is 0 Å². The number of cyclic esters (lactones) is 1. The Labute approximate surface area is 189 Å². The molecular weight excluding hydrogens is 432 g/mol. The molecule has 0 aromatic heterocycles. The lowest BCUT2D eigenvalue weighted by Crippen LogP contribution is -2.31. The van der Waals surface area contributed by atoms with Gasteiger partial charge in [0.05, 0.1) is 19.8 Å². The zero-order chi connectivity index (χ0) is 23.3. The van der Waals surface area contributed by atoms with E-state index < -0.39 is 18.4 Å². The summed E-state index contributed by atoms with van der Waals surface area (Å²) in [5.74, 6) is -0.175. The van der Waals surface area contributed by atoms with E-state index >= 15 is 0 Å². The van der Waals surface area contributed by atoms with Gasteiger partial charge in [-0.1, -0.05) is 6.07 Å². The summed E-state index contributed by atoms with van der Waals surface area (Å²) >= 11 is 0. The summed E-state index contributed by atoms with van der Waals surface area (Å²) in [7, 11) is 3.04. The van der Waals surface area contributed by atoms with Gasteiger partial charge in [-0.05, 0) is 42.1 Å². The van der Waals surface area contributed by atoms with Gasteiger partial charge in [0, 0.05) is 16.5 Å². The topological polar surface area (TPSA) is 113 Å². The number of aliphatic hydroxyl groups is 2. The standard InChI is InChI=1S/C24H22O9/c1-24(26,27)10-31-22-14-8-18(29-3)17(28-2)7-13(14)20(21-15(22)9-30-23(21)25)12-4-5-16-19(6-12)33-11-32-16/h4-8,26-27H,9-11H2,1-3H3. The summed E-state index contributed by atoms with van der Waals surface area (Å²) < 4.78 is 33.2. The third-order valence-corrected chi connectivity index (χ3v) is 5.57. The predicted molar refractivity (Wildman–Crippen MR) is 116 cm³/mol. The molecule has 2 heterocycles. The second-order valence-electron chi connectivity index (χ2n) is 7.96. The molecule has 0 fully saturated rings. The van der Waals surface area contributed by atoms with Crippen LogP contribution in [-0.2, 0) is 11.3 Å². The highest BCUT2D eigenvalue weighted by atomic mass is 16.7. The van der Waals surface area contributed by atoms with Crippen molar-refractivity contribution >= 4 is 16.7 Å². The zero-order valence-electron chi connectivity index (χ0n) is 18.3. The Morgan fingerprint density at radius 3 is 2.33 bits per heavy atom. The quantitative estimate of drug-likeness (QED) is 0.429. The van der Waals surface area contributed by atoms with Gasteiger partial charge in [0.25, 0.3) is 0 Å². The van der Waals surface area contributed by atoms with Crippen molar-refractivity contribution in [2.75, 3.05) is 27.6 Å². The van der Waals surface area contributed by atoms with Crippen LogP contribution in [0.2, 0.25) is 0 Å². The molecule has 0 saturated heterocycles. The molecule has 2 aliphatic rings. The van der Waals surface area contributed by atoms with Crippen LogP contribution >= 0.6 is 0 Å². The Balaban J connectivity index is 1.84. The largest absolute Gasteiger partial charge is 0.493 e. The fourth-order valence-corrected chi connectivity index (χ4v) is 4.13. The number of rotatable bonds is 6. The highest BCUT2D eigenvalue weighted by Gasteiger charge is 2.34. The third-order valence-electron chi connectivity index (χ3n) is 5.57. The van der Waals surface area contributed by atoms with E-state index in [2.05, 4.69) is 0 Å². The van der Waals surface area contributed by atoms with Gasteiger partial charge >= 0.3 is 5.97 Å². The molecule has 0 spiro atoms. The van der Waals surface area contributed by atoms with Crippen molar-refractivity contribution in [3.63, 3.8) is 0 Å². The van der Waals surface area contributed by atoms with Crippen molar-refractivity contribution < 1.29 is 43.4 Å². The number of carbonyl (C=O) groups excluding carboxylic acids is 1. The summed E-state index contributed by atoms with van der Waals surface area (Å²) in [6.45, 7) is 0.902. The van der Waals surface area contributed by atoms with Gasteiger partial charge in [0.2, 0.25) is 6.79 Å². The monoisotopic (exact) mass is 454 g/mol. The average molecular weight is 454 g/mol. The first-order chi connectivity index (χ1) is 15.8. The Bertz CT molecular complexity index is 1270. The smallest absolute Gasteiger partial charge is 0.339 e. The molecule has 0 radical (unpaired) electrons. The summed E-state index contributed by atoms with van der Waals surface area (Å²) in [6.07, 6.45) is 0. The van der Waals surface area contributed by atoms with E-state index in [-0.39, 0.29) is 13.4 Å². The molecule has 2 N–H and O–H groups in total. The number of hydrogen-bond acceptors (Lipinski definition) is 9. The molecule has 2 aliphatic heterocycles. The van der Waals surface area contributed by atoms with Crippen LogP contribution in [0.3, 0.4) is 0 Å². The van der Waals surface area contributed by atoms with Gasteiger partial charge in [-0.2, -0.15) is 0 Å². The van der Waals surface area contributed by atoms with Crippen LogP contribution in [0.25, 0.3) is 21.9 Å². The molecule has 172 valence electrons. The third kappa shape index (κ3) is 3.55. The van der Waals surface area contributed by atoms with E-state index in [0.717, 1.165) is 0 Å². The molecular formula is C24H22O9. The number of hydrogen-bond donors (Lipinski definition) is 2. The van der Waals surface area contributed by atoms with Gasteiger partial charge in [0.1, 0.15) is 19.0 Å². The number of carbonyl (C=O) groups is 1. The Hall–Kier alpha value is -3.69. The van der Waals surface area contributed by atoms with Gasteiger partial charge in [-0.3, -0.25) is 0 Å². The fraction of sp³-hybridized carbons (Fsp3) is 0.292. The van der Waals surface area contributed by atoms with E-state index in [1.807, 2.05) is 6.07 Å². The number of methoxy groups -OCH3 is 2. The van der Waals surface area contributed by atoms with Crippen molar-refractivity contribution in [3.05, 3.63) is 41.5 Å². The summed E-state index contributed by atoms with van der Waals surface area (Å²) in [5, 5.41) is 20.9. The van der Waals surface area contributed by atoms with Crippen LogP contribution in [0, 0.1) is 0 Å². The Morgan fingerprint density at radius 1 is 0.939 bits per heavy atom. The second kappa shape index (κ2) is 7.72. The van der Waals surface area contributed by atoms with Gasteiger partial charge in [-0.15, -0.1) is 0 Å². The fourth-order valence-electron chi connectivity index (χ4n) is 4.13. The van der Waals surface area contributed by atoms with Crippen LogP contribution in [0.15, 0.2) is 30.3 Å². The Kier molecular flexibility index (Phi) is 4.95. The lowest BCUT2D eigenvalue weighted by molar-refractivity contribution is -0.165. The lowest BCUT2D eigenvalue weighted by atomic mass is 9.89.